The monoisotopic (exact) mass is 443 g/mol. The third kappa shape index (κ3) is 4.42. The van der Waals surface area contributed by atoms with Gasteiger partial charge in [0.15, 0.2) is 0 Å². The van der Waals surface area contributed by atoms with Crippen LogP contribution >= 0.6 is 24.8 Å². The minimum atomic E-state index is -1.77. The molecule has 154 valence electrons. The summed E-state index contributed by atoms with van der Waals surface area (Å²) in [6.45, 7) is 24.4. The second kappa shape index (κ2) is 8.10. The number of fused-ring (bicyclic) bond motifs is 1. The molecule has 0 heterocycles. The maximum Gasteiger partial charge on any atom is 0.0884 e. The van der Waals surface area contributed by atoms with E-state index in [-0.39, 0.29) is 29.9 Å². The minimum absolute atomic E-state index is 0. The Bertz CT molecular complexity index is 800. The summed E-state index contributed by atoms with van der Waals surface area (Å²) in [6.07, 6.45) is 0. The molecule has 2 N–H and O–H groups in total. The SMILES string of the molecule is CC(C)(C)[Si](C)(C)c1cc2ccccc2c(N)c1[Si](C)(C)C(C)(C)C.Cl.Cl. The van der Waals surface area contributed by atoms with Gasteiger partial charge in [0.05, 0.1) is 16.1 Å². The number of hydrogen-bond acceptors (Lipinski definition) is 1. The van der Waals surface area contributed by atoms with Crippen LogP contribution in [0.3, 0.4) is 0 Å². The second-order valence-electron chi connectivity index (χ2n) is 10.7. The highest BCUT2D eigenvalue weighted by molar-refractivity contribution is 7.02. The second-order valence-corrected chi connectivity index (χ2v) is 21.2. The molecular weight excluding hydrogens is 405 g/mol. The van der Waals surface area contributed by atoms with Crippen molar-refractivity contribution in [3.8, 4) is 0 Å². The smallest absolute Gasteiger partial charge is 0.0884 e. The van der Waals surface area contributed by atoms with Crippen molar-refractivity contribution in [1.82, 2.24) is 0 Å². The quantitative estimate of drug-likeness (QED) is 0.405. The molecule has 1 nitrogen and oxygen atoms in total. The molecule has 2 aromatic rings. The summed E-state index contributed by atoms with van der Waals surface area (Å²) in [5.74, 6) is 0. The van der Waals surface area contributed by atoms with E-state index in [2.05, 4.69) is 98.1 Å². The van der Waals surface area contributed by atoms with E-state index in [0.29, 0.717) is 5.04 Å². The lowest BCUT2D eigenvalue weighted by atomic mass is 10.1. The Morgan fingerprint density at radius 3 is 1.63 bits per heavy atom. The first-order valence-electron chi connectivity index (χ1n) is 9.44. The maximum atomic E-state index is 6.90. The summed E-state index contributed by atoms with van der Waals surface area (Å²) in [4.78, 5) is 0. The lowest BCUT2D eigenvalue weighted by Gasteiger charge is -2.45. The molecule has 0 fully saturated rings. The van der Waals surface area contributed by atoms with Gasteiger partial charge in [0.25, 0.3) is 0 Å². The fourth-order valence-corrected chi connectivity index (χ4v) is 9.58. The maximum absolute atomic E-state index is 6.90. The Morgan fingerprint density at radius 1 is 0.741 bits per heavy atom. The van der Waals surface area contributed by atoms with E-state index in [1.807, 2.05) is 0 Å². The zero-order valence-corrected chi connectivity index (χ0v) is 22.4. The van der Waals surface area contributed by atoms with Gasteiger partial charge in [-0.1, -0.05) is 103 Å². The molecule has 0 aliphatic rings. The normalized spacial score (nSPS) is 13.1. The zero-order chi connectivity index (χ0) is 19.4. The van der Waals surface area contributed by atoms with Gasteiger partial charge in [-0.3, -0.25) is 0 Å². The van der Waals surface area contributed by atoms with Crippen molar-refractivity contribution < 1.29 is 0 Å². The molecular formula is C22H39Cl2NSi2. The summed E-state index contributed by atoms with van der Waals surface area (Å²) in [5.41, 5.74) is 7.95. The van der Waals surface area contributed by atoms with Crippen LogP contribution in [0.1, 0.15) is 41.5 Å². The summed E-state index contributed by atoms with van der Waals surface area (Å²) in [7, 11) is -3.47. The van der Waals surface area contributed by atoms with Crippen LogP contribution in [0.2, 0.25) is 36.3 Å². The summed E-state index contributed by atoms with van der Waals surface area (Å²) >= 11 is 0. The summed E-state index contributed by atoms with van der Waals surface area (Å²) in [6, 6.07) is 11.1. The van der Waals surface area contributed by atoms with Gasteiger partial charge in [-0.05, 0) is 20.6 Å². The minimum Gasteiger partial charge on any atom is -0.398 e. The average Bonchev–Trinajstić information content (AvgIpc) is 2.44. The number of anilines is 1. The number of halogens is 2. The molecule has 0 bridgehead atoms. The molecule has 0 aromatic heterocycles. The van der Waals surface area contributed by atoms with Crippen LogP contribution in [0.25, 0.3) is 10.8 Å². The number of rotatable bonds is 2. The molecule has 0 aliphatic carbocycles. The topological polar surface area (TPSA) is 26.0 Å². The van der Waals surface area contributed by atoms with Gasteiger partial charge in [0.2, 0.25) is 0 Å². The first-order valence-corrected chi connectivity index (χ1v) is 15.4. The molecule has 0 saturated carbocycles. The summed E-state index contributed by atoms with van der Waals surface area (Å²) < 4.78 is 0. The Morgan fingerprint density at radius 2 is 1.19 bits per heavy atom. The van der Waals surface area contributed by atoms with Crippen LogP contribution in [0.4, 0.5) is 5.69 Å². The summed E-state index contributed by atoms with van der Waals surface area (Å²) in [5, 5.41) is 6.18. The van der Waals surface area contributed by atoms with E-state index in [0.717, 1.165) is 5.69 Å². The molecule has 0 spiro atoms. The van der Waals surface area contributed by atoms with Gasteiger partial charge >= 0.3 is 0 Å². The van der Waals surface area contributed by atoms with Crippen LogP contribution in [0, 0.1) is 0 Å². The molecule has 27 heavy (non-hydrogen) atoms. The van der Waals surface area contributed by atoms with E-state index < -0.39 is 16.1 Å². The van der Waals surface area contributed by atoms with Gasteiger partial charge in [-0.2, -0.15) is 0 Å². The Labute approximate surface area is 181 Å². The van der Waals surface area contributed by atoms with E-state index >= 15 is 0 Å². The van der Waals surface area contributed by atoms with Crippen molar-refractivity contribution in [1.29, 1.82) is 0 Å². The third-order valence-electron chi connectivity index (χ3n) is 7.14. The van der Waals surface area contributed by atoms with Crippen LogP contribution in [-0.2, 0) is 0 Å². The molecule has 2 aromatic carbocycles. The van der Waals surface area contributed by atoms with Crippen molar-refractivity contribution in [2.24, 2.45) is 0 Å². The van der Waals surface area contributed by atoms with Crippen LogP contribution in [0.5, 0.6) is 0 Å². The molecule has 0 aliphatic heterocycles. The molecule has 0 amide bonds. The number of benzene rings is 2. The molecule has 0 radical (unpaired) electrons. The molecule has 0 saturated heterocycles. The predicted molar refractivity (Wildman–Crippen MR) is 137 cm³/mol. The molecule has 0 unspecified atom stereocenters. The van der Waals surface area contributed by atoms with E-state index in [9.17, 15) is 0 Å². The fourth-order valence-electron chi connectivity index (χ4n) is 3.32. The van der Waals surface area contributed by atoms with E-state index in [1.165, 1.54) is 16.0 Å². The lowest BCUT2D eigenvalue weighted by molar-refractivity contribution is 0.726. The lowest BCUT2D eigenvalue weighted by Crippen LogP contribution is -2.65. The third-order valence-corrected chi connectivity index (χ3v) is 18.4. The van der Waals surface area contributed by atoms with Crippen LogP contribution in [0.15, 0.2) is 30.3 Å². The highest BCUT2D eigenvalue weighted by Crippen LogP contribution is 2.40. The first kappa shape index (κ1) is 26.5. The predicted octanol–water partition coefficient (Wildman–Crippen LogP) is 6.70. The Hall–Kier alpha value is -0.486. The van der Waals surface area contributed by atoms with E-state index in [1.54, 1.807) is 5.19 Å². The highest BCUT2D eigenvalue weighted by atomic mass is 35.5. The van der Waals surface area contributed by atoms with Gasteiger partial charge in [0, 0.05) is 11.1 Å². The molecule has 0 atom stereocenters. The van der Waals surface area contributed by atoms with Crippen LogP contribution in [-0.4, -0.2) is 16.1 Å². The Kier molecular flexibility index (Phi) is 7.95. The van der Waals surface area contributed by atoms with Gasteiger partial charge in [-0.15, -0.1) is 24.8 Å². The van der Waals surface area contributed by atoms with Crippen molar-refractivity contribution in [2.75, 3.05) is 5.73 Å². The van der Waals surface area contributed by atoms with Crippen LogP contribution < -0.4 is 16.1 Å². The number of hydrogen-bond donors (Lipinski definition) is 1. The Balaban J connectivity index is 0.00000338. The zero-order valence-electron chi connectivity index (χ0n) is 18.8. The standard InChI is InChI=1S/C22H37NSi2.2ClH/c1-21(2,3)24(7,8)18-15-16-13-11-12-14-17(16)19(23)20(18)25(9,10)22(4,5)6;;/h11-15H,23H2,1-10H3;2*1H. The average molecular weight is 445 g/mol. The fraction of sp³-hybridized carbons (Fsp3) is 0.545. The van der Waals surface area contributed by atoms with Crippen molar-refractivity contribution in [2.45, 2.75) is 77.8 Å². The molecule has 2 rings (SSSR count). The molecule has 5 heteroatoms. The van der Waals surface area contributed by atoms with Gasteiger partial charge in [-0.25, -0.2) is 0 Å². The number of nitrogens with two attached hydrogens (primary N) is 1. The van der Waals surface area contributed by atoms with Crippen molar-refractivity contribution >= 4 is 67.8 Å². The van der Waals surface area contributed by atoms with E-state index in [4.69, 9.17) is 5.73 Å². The first-order chi connectivity index (χ1) is 11.1. The highest BCUT2D eigenvalue weighted by Gasteiger charge is 2.46. The van der Waals surface area contributed by atoms with Crippen molar-refractivity contribution in [3.63, 3.8) is 0 Å². The van der Waals surface area contributed by atoms with Gasteiger partial charge in [0.1, 0.15) is 0 Å². The van der Waals surface area contributed by atoms with Crippen molar-refractivity contribution in [3.05, 3.63) is 30.3 Å². The number of nitrogen functional groups attached to an aromatic ring is 1. The largest absolute Gasteiger partial charge is 0.398 e. The van der Waals surface area contributed by atoms with Gasteiger partial charge < -0.3 is 5.73 Å².